The number of amides is 1. The molecule has 1 N–H and O–H groups in total. The van der Waals surface area contributed by atoms with Crippen molar-refractivity contribution in [1.29, 1.82) is 0 Å². The van der Waals surface area contributed by atoms with Crippen LogP contribution in [0.15, 0.2) is 18.2 Å². The molecular formula is C15H20FNO4. The average Bonchev–Trinajstić information content (AvgIpc) is 2.36. The zero-order valence-corrected chi connectivity index (χ0v) is 12.4. The summed E-state index contributed by atoms with van der Waals surface area (Å²) in [6.07, 6.45) is -0.244. The Morgan fingerprint density at radius 2 is 2.24 bits per heavy atom. The number of ether oxygens (including phenoxy) is 2. The second kappa shape index (κ2) is 5.89. The predicted molar refractivity (Wildman–Crippen MR) is 76.1 cm³/mol. The number of hydrogen-bond donors (Lipinski definition) is 1. The Labute approximate surface area is 123 Å². The van der Waals surface area contributed by atoms with Crippen molar-refractivity contribution in [3.8, 4) is 5.75 Å². The van der Waals surface area contributed by atoms with Crippen molar-refractivity contribution in [2.75, 3.05) is 18.1 Å². The summed E-state index contributed by atoms with van der Waals surface area (Å²) >= 11 is 0. The van der Waals surface area contributed by atoms with E-state index in [1.807, 2.05) is 0 Å². The van der Waals surface area contributed by atoms with Crippen LogP contribution in [0.2, 0.25) is 0 Å². The van der Waals surface area contributed by atoms with Gasteiger partial charge in [0.05, 0.1) is 11.7 Å². The van der Waals surface area contributed by atoms with Gasteiger partial charge < -0.3 is 14.6 Å². The van der Waals surface area contributed by atoms with Crippen molar-refractivity contribution in [1.82, 2.24) is 0 Å². The lowest BCUT2D eigenvalue weighted by Crippen LogP contribution is -2.49. The summed E-state index contributed by atoms with van der Waals surface area (Å²) in [5.41, 5.74) is -0.332. The number of aliphatic hydroxyl groups is 1. The molecule has 6 heteroatoms. The van der Waals surface area contributed by atoms with Crippen LogP contribution >= 0.6 is 0 Å². The number of hydrogen-bond acceptors (Lipinski definition) is 4. The first-order valence-electron chi connectivity index (χ1n) is 6.87. The van der Waals surface area contributed by atoms with E-state index in [4.69, 9.17) is 14.6 Å². The highest BCUT2D eigenvalue weighted by molar-refractivity contribution is 5.91. The van der Waals surface area contributed by atoms with E-state index in [1.165, 1.54) is 23.1 Å². The number of carbonyl (C=O) groups excluding carboxylic acids is 1. The minimum Gasteiger partial charge on any atom is -0.489 e. The second-order valence-electron chi connectivity index (χ2n) is 5.94. The van der Waals surface area contributed by atoms with Crippen molar-refractivity contribution >= 4 is 11.8 Å². The van der Waals surface area contributed by atoms with Crippen LogP contribution < -0.4 is 9.64 Å². The highest BCUT2D eigenvalue weighted by Gasteiger charge is 2.35. The molecule has 21 heavy (non-hydrogen) atoms. The van der Waals surface area contributed by atoms with Gasteiger partial charge >= 0.3 is 6.09 Å². The Balaban J connectivity index is 2.36. The Morgan fingerprint density at radius 3 is 2.86 bits per heavy atom. The number of aliphatic hydroxyl groups excluding tert-OH is 1. The molecule has 0 saturated heterocycles. The monoisotopic (exact) mass is 297 g/mol. The number of nitrogens with zero attached hydrogens (tertiary/aromatic N) is 1. The Morgan fingerprint density at radius 1 is 1.52 bits per heavy atom. The molecule has 0 spiro atoms. The van der Waals surface area contributed by atoms with E-state index in [1.54, 1.807) is 20.8 Å². The molecule has 5 nitrogen and oxygen atoms in total. The van der Waals surface area contributed by atoms with Crippen LogP contribution in [-0.4, -0.2) is 36.1 Å². The number of carbonyl (C=O) groups is 1. The number of fused-ring (bicyclic) bond motifs is 1. The van der Waals surface area contributed by atoms with Crippen molar-refractivity contribution in [3.63, 3.8) is 0 Å². The minimum atomic E-state index is -0.660. The van der Waals surface area contributed by atoms with Gasteiger partial charge in [-0.2, -0.15) is 0 Å². The van der Waals surface area contributed by atoms with Crippen molar-refractivity contribution in [2.45, 2.75) is 38.8 Å². The van der Waals surface area contributed by atoms with Crippen LogP contribution in [0, 0.1) is 5.82 Å². The van der Waals surface area contributed by atoms with Gasteiger partial charge in [-0.05, 0) is 39.3 Å². The molecule has 0 aromatic heterocycles. The number of halogens is 1. The molecular weight excluding hydrogens is 277 g/mol. The largest absolute Gasteiger partial charge is 0.489 e. The molecule has 1 heterocycles. The van der Waals surface area contributed by atoms with E-state index in [2.05, 4.69) is 0 Å². The van der Waals surface area contributed by atoms with E-state index in [0.717, 1.165) is 0 Å². The van der Waals surface area contributed by atoms with Crippen LogP contribution in [0.3, 0.4) is 0 Å². The quantitative estimate of drug-likeness (QED) is 0.912. The van der Waals surface area contributed by atoms with Gasteiger partial charge in [-0.15, -0.1) is 0 Å². The fourth-order valence-corrected chi connectivity index (χ4v) is 2.18. The van der Waals surface area contributed by atoms with Crippen LogP contribution in [-0.2, 0) is 4.74 Å². The normalized spacial score (nSPS) is 18.0. The summed E-state index contributed by atoms with van der Waals surface area (Å²) < 4.78 is 24.4. The van der Waals surface area contributed by atoms with E-state index in [-0.39, 0.29) is 19.3 Å². The number of rotatable bonds is 2. The molecule has 1 aromatic carbocycles. The molecule has 1 aliphatic heterocycles. The van der Waals surface area contributed by atoms with E-state index in [0.29, 0.717) is 17.9 Å². The average molecular weight is 297 g/mol. The summed E-state index contributed by atoms with van der Waals surface area (Å²) in [6, 6.07) is 3.61. The first-order valence-corrected chi connectivity index (χ1v) is 6.87. The van der Waals surface area contributed by atoms with Crippen LogP contribution in [0.5, 0.6) is 5.75 Å². The van der Waals surface area contributed by atoms with Gasteiger partial charge in [0.2, 0.25) is 0 Å². The highest BCUT2D eigenvalue weighted by atomic mass is 19.1. The van der Waals surface area contributed by atoms with Crippen molar-refractivity contribution < 1.29 is 23.8 Å². The third kappa shape index (κ3) is 3.64. The molecule has 0 saturated carbocycles. The standard InChI is InChI=1S/C15H20FNO4/c1-15(2,3)21-14(19)17-11(6-7-18)9-20-13-5-4-10(16)8-12(13)17/h4-5,8,11,18H,6-7,9H2,1-3H3. The van der Waals surface area contributed by atoms with Crippen molar-refractivity contribution in [3.05, 3.63) is 24.0 Å². The van der Waals surface area contributed by atoms with E-state index in [9.17, 15) is 9.18 Å². The Kier molecular flexibility index (Phi) is 4.37. The van der Waals surface area contributed by atoms with Crippen LogP contribution in [0.1, 0.15) is 27.2 Å². The highest BCUT2D eigenvalue weighted by Crippen LogP contribution is 2.36. The maximum Gasteiger partial charge on any atom is 0.415 e. The van der Waals surface area contributed by atoms with Gasteiger partial charge in [-0.25, -0.2) is 9.18 Å². The number of anilines is 1. The topological polar surface area (TPSA) is 59.0 Å². The van der Waals surface area contributed by atoms with Crippen molar-refractivity contribution in [2.24, 2.45) is 0 Å². The summed E-state index contributed by atoms with van der Waals surface area (Å²) in [7, 11) is 0. The minimum absolute atomic E-state index is 0.0992. The smallest absolute Gasteiger partial charge is 0.415 e. The summed E-state index contributed by atoms with van der Waals surface area (Å²) in [5, 5.41) is 9.14. The molecule has 1 aromatic rings. The molecule has 0 bridgehead atoms. The molecule has 0 aliphatic carbocycles. The SMILES string of the molecule is CC(C)(C)OC(=O)N1c2cc(F)ccc2OCC1CCO. The summed E-state index contributed by atoms with van der Waals surface area (Å²) in [6.45, 7) is 5.42. The fraction of sp³-hybridized carbons (Fsp3) is 0.533. The molecule has 0 radical (unpaired) electrons. The van der Waals surface area contributed by atoms with Gasteiger partial charge in [-0.3, -0.25) is 4.90 Å². The molecule has 116 valence electrons. The lowest BCUT2D eigenvalue weighted by Gasteiger charge is -2.37. The van der Waals surface area contributed by atoms with E-state index >= 15 is 0 Å². The van der Waals surface area contributed by atoms with Gasteiger partial charge in [-0.1, -0.05) is 0 Å². The predicted octanol–water partition coefficient (Wildman–Crippen LogP) is 2.71. The van der Waals surface area contributed by atoms with Gasteiger partial charge in [0.1, 0.15) is 23.8 Å². The molecule has 1 atom stereocenters. The fourth-order valence-electron chi connectivity index (χ4n) is 2.18. The van der Waals surface area contributed by atoms with Crippen LogP contribution in [0.25, 0.3) is 0 Å². The summed E-state index contributed by atoms with van der Waals surface area (Å²) in [5.74, 6) is -0.0352. The lowest BCUT2D eigenvalue weighted by molar-refractivity contribution is 0.0535. The molecule has 2 rings (SSSR count). The van der Waals surface area contributed by atoms with Crippen LogP contribution in [0.4, 0.5) is 14.9 Å². The maximum atomic E-state index is 13.5. The third-order valence-electron chi connectivity index (χ3n) is 3.03. The third-order valence-corrected chi connectivity index (χ3v) is 3.03. The first-order chi connectivity index (χ1) is 9.81. The summed E-state index contributed by atoms with van der Waals surface area (Å²) in [4.78, 5) is 13.8. The number of benzene rings is 1. The Bertz CT molecular complexity index is 527. The van der Waals surface area contributed by atoms with E-state index < -0.39 is 17.5 Å². The van der Waals surface area contributed by atoms with Gasteiger partial charge in [0.25, 0.3) is 0 Å². The second-order valence-corrected chi connectivity index (χ2v) is 5.94. The van der Waals surface area contributed by atoms with Gasteiger partial charge in [0.15, 0.2) is 0 Å². The molecule has 1 amide bonds. The Hall–Kier alpha value is -1.82. The maximum absolute atomic E-state index is 13.5. The lowest BCUT2D eigenvalue weighted by atomic mass is 10.1. The molecule has 1 unspecified atom stereocenters. The molecule has 1 aliphatic rings. The zero-order chi connectivity index (χ0) is 15.6. The first kappa shape index (κ1) is 15.6. The van der Waals surface area contributed by atoms with Gasteiger partial charge in [0, 0.05) is 12.7 Å². The molecule has 0 fully saturated rings. The zero-order valence-electron chi connectivity index (χ0n) is 12.4.